The molecule has 0 unspecified atom stereocenters. The lowest BCUT2D eigenvalue weighted by atomic mass is 10.1. The molecular weight excluding hydrogens is 354 g/mol. The Morgan fingerprint density at radius 2 is 1.61 bits per heavy atom. The van der Waals surface area contributed by atoms with Crippen LogP contribution < -0.4 is 10.2 Å². The Bertz CT molecular complexity index is 885. The lowest BCUT2D eigenvalue weighted by molar-refractivity contribution is -0.147. The van der Waals surface area contributed by atoms with Crippen molar-refractivity contribution in [2.75, 3.05) is 29.9 Å². The Morgan fingerprint density at radius 1 is 0.964 bits per heavy atom. The minimum Gasteiger partial charge on any atom is -0.325 e. The van der Waals surface area contributed by atoms with E-state index in [1.807, 2.05) is 56.3 Å². The first-order valence-electron chi connectivity index (χ1n) is 9.45. The number of hydrogen-bond acceptors (Lipinski definition) is 3. The van der Waals surface area contributed by atoms with Gasteiger partial charge in [0.15, 0.2) is 0 Å². The Balaban J connectivity index is 1.63. The second-order valence-corrected chi connectivity index (χ2v) is 7.13. The molecule has 0 aliphatic carbocycles. The highest BCUT2D eigenvalue weighted by molar-refractivity contribution is 6.41. The fraction of sp³-hybridized carbons (Fsp3) is 0.318. The van der Waals surface area contributed by atoms with E-state index in [2.05, 4.69) is 12.2 Å². The number of piperazine rings is 1. The van der Waals surface area contributed by atoms with Crippen LogP contribution in [0, 0.1) is 13.8 Å². The van der Waals surface area contributed by atoms with Crippen molar-refractivity contribution in [2.45, 2.75) is 27.2 Å². The maximum Gasteiger partial charge on any atom is 0.316 e. The zero-order chi connectivity index (χ0) is 20.3. The second kappa shape index (κ2) is 8.25. The van der Waals surface area contributed by atoms with E-state index in [0.717, 1.165) is 23.2 Å². The number of rotatable bonds is 5. The number of carbonyl (C=O) groups is 3. The molecule has 2 aromatic carbocycles. The number of benzene rings is 2. The van der Waals surface area contributed by atoms with Crippen molar-refractivity contribution in [1.82, 2.24) is 4.90 Å². The minimum absolute atomic E-state index is 0.138. The molecule has 6 nitrogen and oxygen atoms in total. The van der Waals surface area contributed by atoms with Gasteiger partial charge in [0.1, 0.15) is 6.54 Å². The van der Waals surface area contributed by atoms with E-state index in [1.54, 1.807) is 0 Å². The molecule has 1 heterocycles. The molecule has 1 fully saturated rings. The molecule has 1 saturated heterocycles. The topological polar surface area (TPSA) is 69.7 Å². The monoisotopic (exact) mass is 379 g/mol. The fourth-order valence-corrected chi connectivity index (χ4v) is 3.38. The van der Waals surface area contributed by atoms with E-state index in [-0.39, 0.29) is 12.5 Å². The van der Waals surface area contributed by atoms with Crippen molar-refractivity contribution in [1.29, 1.82) is 0 Å². The molecule has 1 N–H and O–H groups in total. The normalized spacial score (nSPS) is 14.4. The molecule has 2 aromatic rings. The highest BCUT2D eigenvalue weighted by atomic mass is 16.2. The molecule has 0 spiro atoms. The maximum atomic E-state index is 12.6. The average Bonchev–Trinajstić information content (AvgIpc) is 2.65. The highest BCUT2D eigenvalue weighted by Gasteiger charge is 2.34. The van der Waals surface area contributed by atoms with Crippen molar-refractivity contribution in [2.24, 2.45) is 0 Å². The van der Waals surface area contributed by atoms with Crippen molar-refractivity contribution in [3.63, 3.8) is 0 Å². The summed E-state index contributed by atoms with van der Waals surface area (Å²) < 4.78 is 0. The van der Waals surface area contributed by atoms with Gasteiger partial charge in [-0.1, -0.05) is 25.1 Å². The van der Waals surface area contributed by atoms with Crippen LogP contribution in [0.5, 0.6) is 0 Å². The van der Waals surface area contributed by atoms with E-state index in [0.29, 0.717) is 18.8 Å². The number of nitrogens with zero attached hydrogens (tertiary/aromatic N) is 2. The van der Waals surface area contributed by atoms with Gasteiger partial charge in [-0.15, -0.1) is 0 Å². The number of nitrogens with one attached hydrogen (secondary N) is 1. The molecule has 3 rings (SSSR count). The van der Waals surface area contributed by atoms with Crippen LogP contribution >= 0.6 is 0 Å². The molecule has 6 heteroatoms. The predicted octanol–water partition coefficient (Wildman–Crippen LogP) is 2.68. The zero-order valence-electron chi connectivity index (χ0n) is 16.5. The first-order chi connectivity index (χ1) is 13.4. The third-order valence-corrected chi connectivity index (χ3v) is 4.81. The third kappa shape index (κ3) is 4.39. The molecular formula is C22H25N3O3. The smallest absolute Gasteiger partial charge is 0.316 e. The molecule has 0 radical (unpaired) electrons. The second-order valence-electron chi connectivity index (χ2n) is 7.13. The van der Waals surface area contributed by atoms with E-state index < -0.39 is 11.8 Å². The van der Waals surface area contributed by atoms with Crippen LogP contribution in [0.25, 0.3) is 0 Å². The Labute approximate surface area is 165 Å². The van der Waals surface area contributed by atoms with E-state index in [4.69, 9.17) is 0 Å². The SMILES string of the molecule is CCc1ccc(NC(=O)CN2CCN(c3cc(C)cc(C)c3)C(=O)C2=O)cc1. The van der Waals surface area contributed by atoms with Crippen LogP contribution in [-0.4, -0.2) is 42.3 Å². The molecule has 1 aliphatic rings. The number of aryl methyl sites for hydroxylation is 3. The fourth-order valence-electron chi connectivity index (χ4n) is 3.38. The molecule has 0 atom stereocenters. The Hall–Kier alpha value is -3.15. The predicted molar refractivity (Wildman–Crippen MR) is 109 cm³/mol. The highest BCUT2D eigenvalue weighted by Crippen LogP contribution is 2.21. The summed E-state index contributed by atoms with van der Waals surface area (Å²) in [5, 5.41) is 2.78. The molecule has 0 aromatic heterocycles. The number of hydrogen-bond donors (Lipinski definition) is 1. The van der Waals surface area contributed by atoms with Crippen LogP contribution in [0.15, 0.2) is 42.5 Å². The van der Waals surface area contributed by atoms with Gasteiger partial charge >= 0.3 is 11.8 Å². The van der Waals surface area contributed by atoms with Gasteiger partial charge in [0, 0.05) is 24.5 Å². The van der Waals surface area contributed by atoms with Crippen LogP contribution in [0.4, 0.5) is 11.4 Å². The summed E-state index contributed by atoms with van der Waals surface area (Å²) in [5.41, 5.74) is 4.64. The number of anilines is 2. The standard InChI is InChI=1S/C22H25N3O3/c1-4-17-5-7-18(8-6-17)23-20(26)14-24-9-10-25(22(28)21(24)27)19-12-15(2)11-16(3)13-19/h5-8,11-13H,4,9-10,14H2,1-3H3,(H,23,26). The van der Waals surface area contributed by atoms with Crippen LogP contribution in [-0.2, 0) is 20.8 Å². The van der Waals surface area contributed by atoms with Crippen LogP contribution in [0.3, 0.4) is 0 Å². The molecule has 146 valence electrons. The molecule has 1 aliphatic heterocycles. The number of amides is 3. The Kier molecular flexibility index (Phi) is 5.78. The van der Waals surface area contributed by atoms with Crippen molar-refractivity contribution in [3.05, 3.63) is 59.2 Å². The van der Waals surface area contributed by atoms with Crippen molar-refractivity contribution in [3.8, 4) is 0 Å². The van der Waals surface area contributed by atoms with Gasteiger partial charge in [0.2, 0.25) is 5.91 Å². The lowest BCUT2D eigenvalue weighted by Crippen LogP contribution is -2.56. The third-order valence-electron chi connectivity index (χ3n) is 4.81. The van der Waals surface area contributed by atoms with Gasteiger partial charge in [-0.05, 0) is 61.2 Å². The summed E-state index contributed by atoms with van der Waals surface area (Å²) in [6.07, 6.45) is 0.926. The molecule has 0 bridgehead atoms. The molecule has 0 saturated carbocycles. The first-order valence-corrected chi connectivity index (χ1v) is 9.45. The van der Waals surface area contributed by atoms with Crippen LogP contribution in [0.2, 0.25) is 0 Å². The average molecular weight is 379 g/mol. The van der Waals surface area contributed by atoms with Gasteiger partial charge in [0.05, 0.1) is 0 Å². The summed E-state index contributed by atoms with van der Waals surface area (Å²) in [7, 11) is 0. The lowest BCUT2D eigenvalue weighted by Gasteiger charge is -2.33. The van der Waals surface area contributed by atoms with Gasteiger partial charge in [-0.25, -0.2) is 0 Å². The molecule has 28 heavy (non-hydrogen) atoms. The van der Waals surface area contributed by atoms with E-state index in [9.17, 15) is 14.4 Å². The quantitative estimate of drug-likeness (QED) is 0.812. The van der Waals surface area contributed by atoms with E-state index in [1.165, 1.54) is 15.4 Å². The Morgan fingerprint density at radius 3 is 2.21 bits per heavy atom. The summed E-state index contributed by atoms with van der Waals surface area (Å²) in [6.45, 7) is 6.52. The van der Waals surface area contributed by atoms with Crippen molar-refractivity contribution < 1.29 is 14.4 Å². The largest absolute Gasteiger partial charge is 0.325 e. The summed E-state index contributed by atoms with van der Waals surface area (Å²) in [4.78, 5) is 40.2. The van der Waals surface area contributed by atoms with Gasteiger partial charge in [0.25, 0.3) is 0 Å². The van der Waals surface area contributed by atoms with Crippen molar-refractivity contribution >= 4 is 29.1 Å². The van der Waals surface area contributed by atoms with Gasteiger partial charge in [-0.2, -0.15) is 0 Å². The summed E-state index contributed by atoms with van der Waals surface area (Å²) >= 11 is 0. The van der Waals surface area contributed by atoms with Crippen LogP contribution in [0.1, 0.15) is 23.6 Å². The zero-order valence-corrected chi connectivity index (χ0v) is 16.5. The van der Waals surface area contributed by atoms with Gasteiger partial charge < -0.3 is 15.1 Å². The minimum atomic E-state index is -0.651. The number of carbonyl (C=O) groups excluding carboxylic acids is 3. The van der Waals surface area contributed by atoms with Gasteiger partial charge in [-0.3, -0.25) is 14.4 Å². The van der Waals surface area contributed by atoms with E-state index >= 15 is 0 Å². The summed E-state index contributed by atoms with van der Waals surface area (Å²) in [5.74, 6) is -1.57. The maximum absolute atomic E-state index is 12.6. The molecule has 3 amide bonds. The first kappa shape index (κ1) is 19.6. The summed E-state index contributed by atoms with van der Waals surface area (Å²) in [6, 6.07) is 13.4.